The number of fused-ring (bicyclic) bond motifs is 3. The van der Waals surface area contributed by atoms with Crippen LogP contribution in [0.2, 0.25) is 0 Å². The molecule has 176 valence electrons. The second-order valence-corrected chi connectivity index (χ2v) is 10.5. The average Bonchev–Trinajstić information content (AvgIpc) is 3.38. The SMILES string of the molecule is COC(C[C@H]1CCc2sc3ncnc(O[C@H]4CC[C@H](N5CCNCC5)CC4)c3c21)C(N)O. The number of aliphatic hydroxyl groups is 1. The number of nitrogens with zero attached hydrogens (tertiary/aromatic N) is 3. The van der Waals surface area contributed by atoms with Crippen LogP contribution in [-0.4, -0.2) is 77.7 Å². The summed E-state index contributed by atoms with van der Waals surface area (Å²) in [4.78, 5) is 14.1. The lowest BCUT2D eigenvalue weighted by molar-refractivity contribution is -0.0164. The number of hydrogen-bond acceptors (Lipinski definition) is 9. The number of hydrogen-bond donors (Lipinski definition) is 3. The molecule has 0 bridgehead atoms. The van der Waals surface area contributed by atoms with Crippen LogP contribution in [0.15, 0.2) is 6.33 Å². The van der Waals surface area contributed by atoms with Gasteiger partial charge in [-0.15, -0.1) is 11.3 Å². The van der Waals surface area contributed by atoms with Gasteiger partial charge >= 0.3 is 0 Å². The third kappa shape index (κ3) is 4.51. The molecule has 4 N–H and O–H groups in total. The van der Waals surface area contributed by atoms with Crippen LogP contribution in [0, 0.1) is 0 Å². The van der Waals surface area contributed by atoms with Gasteiger partial charge in [-0.3, -0.25) is 4.90 Å². The van der Waals surface area contributed by atoms with Gasteiger partial charge in [0.2, 0.25) is 5.88 Å². The summed E-state index contributed by atoms with van der Waals surface area (Å²) >= 11 is 1.75. The third-order valence-electron chi connectivity index (χ3n) is 7.49. The van der Waals surface area contributed by atoms with Crippen molar-refractivity contribution in [2.75, 3.05) is 33.3 Å². The monoisotopic (exact) mass is 461 g/mol. The molecule has 8 nitrogen and oxygen atoms in total. The Hall–Kier alpha value is -1.36. The van der Waals surface area contributed by atoms with Crippen LogP contribution in [0.3, 0.4) is 0 Å². The first kappa shape index (κ1) is 22.4. The predicted molar refractivity (Wildman–Crippen MR) is 125 cm³/mol. The largest absolute Gasteiger partial charge is 0.474 e. The molecule has 2 aromatic heterocycles. The third-order valence-corrected chi connectivity index (χ3v) is 8.66. The zero-order valence-electron chi connectivity index (χ0n) is 18.8. The highest BCUT2D eigenvalue weighted by Crippen LogP contribution is 2.48. The lowest BCUT2D eigenvalue weighted by atomic mass is 9.91. The van der Waals surface area contributed by atoms with Gasteiger partial charge in [0, 0.05) is 44.2 Å². The lowest BCUT2D eigenvalue weighted by Crippen LogP contribution is -2.50. The van der Waals surface area contributed by atoms with Gasteiger partial charge in [-0.05, 0) is 56.4 Å². The molecule has 2 fully saturated rings. The van der Waals surface area contributed by atoms with Gasteiger partial charge in [-0.2, -0.15) is 0 Å². The summed E-state index contributed by atoms with van der Waals surface area (Å²) in [6.07, 6.45) is 7.74. The standard InChI is InChI=1S/C23H35N5O3S/c1-30-17(21(24)29)12-14-2-7-18-19(14)20-22(26-13-27-23(20)32-18)31-16-5-3-15(4-6-16)28-10-8-25-9-11-28/h13-17,21,25,29H,2-12,24H2,1H3/t14-,15-,16-,17?,21?/m1/s1. The van der Waals surface area contributed by atoms with Crippen LogP contribution in [0.25, 0.3) is 10.2 Å². The van der Waals surface area contributed by atoms with E-state index in [0.717, 1.165) is 68.0 Å². The minimum absolute atomic E-state index is 0.209. The molecule has 9 heteroatoms. The minimum atomic E-state index is -0.980. The fourth-order valence-corrected chi connectivity index (χ4v) is 6.99. The Morgan fingerprint density at radius 1 is 1.22 bits per heavy atom. The number of ether oxygens (including phenoxy) is 2. The molecule has 1 saturated heterocycles. The van der Waals surface area contributed by atoms with Crippen LogP contribution in [0.4, 0.5) is 0 Å². The van der Waals surface area contributed by atoms with Crippen LogP contribution >= 0.6 is 11.3 Å². The molecule has 3 aliphatic rings. The number of nitrogens with two attached hydrogens (primary N) is 1. The molecule has 3 heterocycles. The molecule has 2 unspecified atom stereocenters. The fourth-order valence-electron chi connectivity index (χ4n) is 5.75. The second-order valence-electron chi connectivity index (χ2n) is 9.37. The van der Waals surface area contributed by atoms with E-state index in [1.165, 1.54) is 23.3 Å². The second kappa shape index (κ2) is 9.87. The highest BCUT2D eigenvalue weighted by Gasteiger charge is 2.34. The number of thiophene rings is 1. The van der Waals surface area contributed by atoms with Crippen LogP contribution in [0.5, 0.6) is 5.88 Å². The summed E-state index contributed by atoms with van der Waals surface area (Å²) in [6.45, 7) is 4.52. The molecule has 0 amide bonds. The zero-order chi connectivity index (χ0) is 22.1. The minimum Gasteiger partial charge on any atom is -0.474 e. The number of aliphatic hydroxyl groups excluding tert-OH is 1. The first-order chi connectivity index (χ1) is 15.6. The summed E-state index contributed by atoms with van der Waals surface area (Å²) in [5.41, 5.74) is 7.02. The number of piperazine rings is 1. The first-order valence-electron chi connectivity index (χ1n) is 12.0. The van der Waals surface area contributed by atoms with Crippen LogP contribution in [-0.2, 0) is 11.2 Å². The summed E-state index contributed by atoms with van der Waals surface area (Å²) in [6, 6.07) is 0.686. The molecule has 2 aliphatic carbocycles. The van der Waals surface area contributed by atoms with Gasteiger partial charge in [-0.1, -0.05) is 0 Å². The highest BCUT2D eigenvalue weighted by molar-refractivity contribution is 7.19. The Morgan fingerprint density at radius 3 is 2.72 bits per heavy atom. The molecule has 0 aromatic carbocycles. The van der Waals surface area contributed by atoms with Crippen LogP contribution < -0.4 is 15.8 Å². The Balaban J connectivity index is 1.31. The quantitative estimate of drug-likeness (QED) is 0.538. The Labute approximate surface area is 193 Å². The smallest absolute Gasteiger partial charge is 0.225 e. The molecular formula is C23H35N5O3S. The van der Waals surface area contributed by atoms with Gasteiger partial charge in [0.1, 0.15) is 23.5 Å². The molecule has 0 radical (unpaired) electrons. The van der Waals surface area contributed by atoms with Crippen molar-refractivity contribution < 1.29 is 14.6 Å². The topological polar surface area (TPSA) is 106 Å². The van der Waals surface area contributed by atoms with Crippen molar-refractivity contribution >= 4 is 21.6 Å². The zero-order valence-corrected chi connectivity index (χ0v) is 19.6. The maximum absolute atomic E-state index is 9.87. The lowest BCUT2D eigenvalue weighted by Gasteiger charge is -2.39. The number of nitrogens with one attached hydrogen (secondary N) is 1. The molecule has 32 heavy (non-hydrogen) atoms. The van der Waals surface area contributed by atoms with Crippen molar-refractivity contribution in [1.29, 1.82) is 0 Å². The summed E-state index contributed by atoms with van der Waals surface area (Å²) < 4.78 is 12.0. The highest BCUT2D eigenvalue weighted by atomic mass is 32.1. The van der Waals surface area contributed by atoms with Gasteiger partial charge in [0.15, 0.2) is 0 Å². The number of aromatic nitrogens is 2. The predicted octanol–water partition coefficient (Wildman–Crippen LogP) is 2.00. The van der Waals surface area contributed by atoms with E-state index in [-0.39, 0.29) is 18.1 Å². The summed E-state index contributed by atoms with van der Waals surface area (Å²) in [5, 5.41) is 14.4. The summed E-state index contributed by atoms with van der Waals surface area (Å²) in [7, 11) is 1.61. The Morgan fingerprint density at radius 2 is 2.00 bits per heavy atom. The molecule has 1 saturated carbocycles. The Kier molecular flexibility index (Phi) is 6.92. The normalized spacial score (nSPS) is 28.5. The maximum Gasteiger partial charge on any atom is 0.225 e. The molecule has 3 atom stereocenters. The van der Waals surface area contributed by atoms with E-state index in [1.54, 1.807) is 24.8 Å². The first-order valence-corrected chi connectivity index (χ1v) is 12.8. The molecule has 2 aromatic rings. The number of rotatable bonds is 7. The van der Waals surface area contributed by atoms with Gasteiger partial charge in [-0.25, -0.2) is 9.97 Å². The van der Waals surface area contributed by atoms with Gasteiger partial charge < -0.3 is 25.6 Å². The van der Waals surface area contributed by atoms with Crippen molar-refractivity contribution in [3.05, 3.63) is 16.8 Å². The van der Waals surface area contributed by atoms with Crippen molar-refractivity contribution in [3.8, 4) is 5.88 Å². The number of aryl methyl sites for hydroxylation is 1. The van der Waals surface area contributed by atoms with E-state index < -0.39 is 6.23 Å². The van der Waals surface area contributed by atoms with E-state index in [0.29, 0.717) is 12.5 Å². The molecule has 0 spiro atoms. The number of methoxy groups -OCH3 is 1. The molecular weight excluding hydrogens is 426 g/mol. The maximum atomic E-state index is 9.87. The summed E-state index contributed by atoms with van der Waals surface area (Å²) in [5.74, 6) is 1.01. The van der Waals surface area contributed by atoms with E-state index in [9.17, 15) is 5.11 Å². The fraction of sp³-hybridized carbons (Fsp3) is 0.739. The molecule has 1 aliphatic heterocycles. The van der Waals surface area contributed by atoms with Crippen molar-refractivity contribution in [3.63, 3.8) is 0 Å². The average molecular weight is 462 g/mol. The van der Waals surface area contributed by atoms with E-state index >= 15 is 0 Å². The van der Waals surface area contributed by atoms with Crippen LogP contribution in [0.1, 0.15) is 54.9 Å². The van der Waals surface area contributed by atoms with E-state index in [1.807, 2.05) is 0 Å². The van der Waals surface area contributed by atoms with Crippen molar-refractivity contribution in [2.45, 2.75) is 75.3 Å². The Bertz CT molecular complexity index is 908. The van der Waals surface area contributed by atoms with E-state index in [2.05, 4.69) is 20.2 Å². The van der Waals surface area contributed by atoms with Crippen molar-refractivity contribution in [1.82, 2.24) is 20.2 Å². The van der Waals surface area contributed by atoms with Gasteiger partial charge in [0.25, 0.3) is 0 Å². The van der Waals surface area contributed by atoms with Gasteiger partial charge in [0.05, 0.1) is 11.5 Å². The van der Waals surface area contributed by atoms with Crippen molar-refractivity contribution in [2.24, 2.45) is 5.73 Å². The molecule has 5 rings (SSSR count). The van der Waals surface area contributed by atoms with E-state index in [4.69, 9.17) is 15.2 Å².